The number of rotatable bonds is 2. The zero-order valence-corrected chi connectivity index (χ0v) is 8.67. The summed E-state index contributed by atoms with van der Waals surface area (Å²) in [7, 11) is 0. The highest BCUT2D eigenvalue weighted by Crippen LogP contribution is 2.21. The van der Waals surface area contributed by atoms with Gasteiger partial charge in [-0.2, -0.15) is 0 Å². The Morgan fingerprint density at radius 2 is 2.08 bits per heavy atom. The molecule has 1 saturated heterocycles. The molecule has 1 aliphatic heterocycles. The third-order valence-electron chi connectivity index (χ3n) is 2.29. The Labute approximate surface area is 83.0 Å². The van der Waals surface area contributed by atoms with Gasteiger partial charge in [0.1, 0.15) is 6.04 Å². The maximum Gasteiger partial charge on any atom is 0.244 e. The van der Waals surface area contributed by atoms with E-state index in [0.717, 1.165) is 6.42 Å². The van der Waals surface area contributed by atoms with Gasteiger partial charge in [-0.05, 0) is 24.4 Å². The van der Waals surface area contributed by atoms with Crippen molar-refractivity contribution in [1.29, 1.82) is 0 Å². The molecule has 1 unspecified atom stereocenters. The van der Waals surface area contributed by atoms with Crippen LogP contribution in [0.15, 0.2) is 0 Å². The van der Waals surface area contributed by atoms with Crippen LogP contribution in [-0.2, 0) is 9.59 Å². The van der Waals surface area contributed by atoms with E-state index < -0.39 is 5.24 Å². The Morgan fingerprint density at radius 1 is 1.46 bits per heavy atom. The third-order valence-corrected chi connectivity index (χ3v) is 2.54. The fraction of sp³-hybridized carbons (Fsp3) is 0.778. The largest absolute Gasteiger partial charge is 0.331 e. The Morgan fingerprint density at radius 3 is 2.54 bits per heavy atom. The topological polar surface area (TPSA) is 37.4 Å². The van der Waals surface area contributed by atoms with E-state index in [9.17, 15) is 9.59 Å². The van der Waals surface area contributed by atoms with Gasteiger partial charge in [-0.3, -0.25) is 9.59 Å². The second-order valence-corrected chi connectivity index (χ2v) is 4.02. The first-order valence-corrected chi connectivity index (χ1v) is 4.91. The first kappa shape index (κ1) is 10.5. The molecule has 0 N–H and O–H groups in total. The predicted molar refractivity (Wildman–Crippen MR) is 50.4 cm³/mol. The van der Waals surface area contributed by atoms with Crippen LogP contribution in [-0.4, -0.2) is 28.6 Å². The number of carbonyl (C=O) groups is 2. The van der Waals surface area contributed by atoms with E-state index >= 15 is 0 Å². The summed E-state index contributed by atoms with van der Waals surface area (Å²) in [5.41, 5.74) is 0. The van der Waals surface area contributed by atoms with Crippen molar-refractivity contribution in [3.8, 4) is 0 Å². The number of hydrogen-bond acceptors (Lipinski definition) is 2. The molecule has 13 heavy (non-hydrogen) atoms. The summed E-state index contributed by atoms with van der Waals surface area (Å²) in [5, 5.41) is -0.411. The van der Waals surface area contributed by atoms with Gasteiger partial charge in [-0.25, -0.2) is 0 Å². The monoisotopic (exact) mass is 203 g/mol. The van der Waals surface area contributed by atoms with Crippen molar-refractivity contribution in [2.75, 3.05) is 6.54 Å². The van der Waals surface area contributed by atoms with E-state index in [0.29, 0.717) is 13.0 Å². The molecule has 0 bridgehead atoms. The fourth-order valence-electron chi connectivity index (χ4n) is 1.60. The quantitative estimate of drug-likeness (QED) is 0.637. The molecular formula is C9H14ClNO2. The van der Waals surface area contributed by atoms with Gasteiger partial charge in [0.25, 0.3) is 0 Å². The van der Waals surface area contributed by atoms with Crippen LogP contribution in [0.5, 0.6) is 0 Å². The summed E-state index contributed by atoms with van der Waals surface area (Å²) in [6, 6.07) is -0.378. The molecule has 1 amide bonds. The van der Waals surface area contributed by atoms with Crippen molar-refractivity contribution < 1.29 is 9.59 Å². The van der Waals surface area contributed by atoms with Gasteiger partial charge in [-0.1, -0.05) is 13.8 Å². The van der Waals surface area contributed by atoms with Crippen molar-refractivity contribution in [2.24, 2.45) is 5.92 Å². The first-order chi connectivity index (χ1) is 6.04. The molecule has 0 aliphatic carbocycles. The van der Waals surface area contributed by atoms with E-state index in [2.05, 4.69) is 0 Å². The molecule has 74 valence electrons. The maximum atomic E-state index is 11.6. The van der Waals surface area contributed by atoms with E-state index in [1.54, 1.807) is 4.90 Å². The van der Waals surface area contributed by atoms with Crippen LogP contribution >= 0.6 is 11.6 Å². The van der Waals surface area contributed by atoms with Crippen LogP contribution in [0.25, 0.3) is 0 Å². The molecule has 1 atom stereocenters. The lowest BCUT2D eigenvalue weighted by atomic mass is 10.1. The second-order valence-electron chi connectivity index (χ2n) is 3.65. The lowest BCUT2D eigenvalue weighted by molar-refractivity contribution is -0.138. The highest BCUT2D eigenvalue weighted by molar-refractivity contribution is 6.64. The zero-order valence-electron chi connectivity index (χ0n) is 7.92. The highest BCUT2D eigenvalue weighted by atomic mass is 35.5. The summed E-state index contributed by atoms with van der Waals surface area (Å²) in [5.74, 6) is -0.0342. The normalized spacial score (nSPS) is 22.5. The Balaban J connectivity index is 2.68. The van der Waals surface area contributed by atoms with E-state index in [4.69, 9.17) is 11.6 Å². The van der Waals surface area contributed by atoms with E-state index in [1.807, 2.05) is 13.8 Å². The van der Waals surface area contributed by atoms with Crippen LogP contribution in [0.2, 0.25) is 0 Å². The molecule has 0 spiro atoms. The molecule has 1 heterocycles. The summed E-state index contributed by atoms with van der Waals surface area (Å²) < 4.78 is 0. The molecule has 1 fully saturated rings. The molecule has 1 aliphatic rings. The van der Waals surface area contributed by atoms with Gasteiger partial charge in [-0.15, -0.1) is 0 Å². The zero-order chi connectivity index (χ0) is 10.0. The summed E-state index contributed by atoms with van der Waals surface area (Å²) in [6.45, 7) is 4.33. The molecule has 0 aromatic rings. The van der Waals surface area contributed by atoms with Gasteiger partial charge < -0.3 is 4.90 Å². The summed E-state index contributed by atoms with van der Waals surface area (Å²) >= 11 is 5.39. The molecule has 4 heteroatoms. The minimum Gasteiger partial charge on any atom is -0.331 e. The van der Waals surface area contributed by atoms with Crippen LogP contribution in [0.3, 0.4) is 0 Å². The maximum absolute atomic E-state index is 11.6. The fourth-order valence-corrected chi connectivity index (χ4v) is 1.82. The summed E-state index contributed by atoms with van der Waals surface area (Å²) in [4.78, 5) is 24.1. The lowest BCUT2D eigenvalue weighted by Gasteiger charge is -2.23. The molecular weight excluding hydrogens is 190 g/mol. The average Bonchev–Trinajstić information content (AvgIpc) is 2.50. The number of halogens is 1. The summed E-state index contributed by atoms with van der Waals surface area (Å²) in [6.07, 6.45) is 1.59. The van der Waals surface area contributed by atoms with Crippen LogP contribution in [0, 0.1) is 5.92 Å². The van der Waals surface area contributed by atoms with Crippen LogP contribution < -0.4 is 0 Å². The SMILES string of the molecule is CC(C)C(=O)N1CCCC1C(=O)Cl. The van der Waals surface area contributed by atoms with E-state index in [1.165, 1.54) is 0 Å². The average molecular weight is 204 g/mol. The van der Waals surface area contributed by atoms with Crippen molar-refractivity contribution in [2.45, 2.75) is 32.7 Å². The third kappa shape index (κ3) is 2.21. The number of nitrogens with zero attached hydrogens (tertiary/aromatic N) is 1. The van der Waals surface area contributed by atoms with Gasteiger partial charge >= 0.3 is 0 Å². The second kappa shape index (κ2) is 4.09. The molecule has 1 rings (SSSR count). The van der Waals surface area contributed by atoms with Crippen molar-refractivity contribution in [3.63, 3.8) is 0 Å². The van der Waals surface area contributed by atoms with Gasteiger partial charge in [0, 0.05) is 12.5 Å². The minimum atomic E-state index is -0.411. The molecule has 0 saturated carbocycles. The lowest BCUT2D eigenvalue weighted by Crippen LogP contribution is -2.41. The molecule has 0 aromatic heterocycles. The number of amides is 1. The minimum absolute atomic E-state index is 0.0245. The molecule has 0 radical (unpaired) electrons. The van der Waals surface area contributed by atoms with Crippen molar-refractivity contribution in [3.05, 3.63) is 0 Å². The highest BCUT2D eigenvalue weighted by Gasteiger charge is 2.33. The standard InChI is InChI=1S/C9H14ClNO2/c1-6(2)9(13)11-5-3-4-7(11)8(10)12/h6-7H,3-5H2,1-2H3. The van der Waals surface area contributed by atoms with Crippen LogP contribution in [0.1, 0.15) is 26.7 Å². The molecule has 0 aromatic carbocycles. The smallest absolute Gasteiger partial charge is 0.244 e. The number of carbonyl (C=O) groups excluding carboxylic acids is 2. The predicted octanol–water partition coefficient (Wildman–Crippen LogP) is 1.40. The Bertz CT molecular complexity index is 228. The first-order valence-electron chi connectivity index (χ1n) is 4.54. The van der Waals surface area contributed by atoms with E-state index in [-0.39, 0.29) is 17.9 Å². The van der Waals surface area contributed by atoms with Gasteiger partial charge in [0.15, 0.2) is 0 Å². The van der Waals surface area contributed by atoms with Gasteiger partial charge in [0.05, 0.1) is 0 Å². The van der Waals surface area contributed by atoms with Crippen molar-refractivity contribution >= 4 is 22.8 Å². The van der Waals surface area contributed by atoms with Crippen molar-refractivity contribution in [1.82, 2.24) is 4.90 Å². The number of likely N-dealkylation sites (tertiary alicyclic amines) is 1. The Hall–Kier alpha value is -0.570. The molecule has 3 nitrogen and oxygen atoms in total. The van der Waals surface area contributed by atoms with Crippen LogP contribution in [0.4, 0.5) is 0 Å². The number of hydrogen-bond donors (Lipinski definition) is 0. The Kier molecular flexibility index (Phi) is 3.31. The van der Waals surface area contributed by atoms with Gasteiger partial charge in [0.2, 0.25) is 11.1 Å².